The molecule has 1 heterocycles. The van der Waals surface area contributed by atoms with E-state index in [9.17, 15) is 14.9 Å². The van der Waals surface area contributed by atoms with Gasteiger partial charge in [-0.2, -0.15) is 0 Å². The fourth-order valence-electron chi connectivity index (χ4n) is 2.68. The summed E-state index contributed by atoms with van der Waals surface area (Å²) in [6.07, 6.45) is 0. The lowest BCUT2D eigenvalue weighted by atomic mass is 10.1. The third-order valence-corrected chi connectivity index (χ3v) is 4.33. The van der Waals surface area contributed by atoms with E-state index in [-0.39, 0.29) is 16.3 Å². The number of carbonyl (C=O) groups excluding carboxylic acids is 1. The molecule has 3 aromatic rings. The van der Waals surface area contributed by atoms with E-state index in [1.54, 1.807) is 6.92 Å². The first-order valence-corrected chi connectivity index (χ1v) is 8.68. The zero-order chi connectivity index (χ0) is 19.6. The lowest BCUT2D eigenvalue weighted by Gasteiger charge is -2.11. The number of nitro benzene ring substituents is 1. The quantitative estimate of drug-likeness (QED) is 0.479. The molecule has 0 aliphatic carbocycles. The smallest absolute Gasteiger partial charge is 0.288 e. The van der Waals surface area contributed by atoms with Crippen LogP contribution in [0.25, 0.3) is 11.0 Å². The van der Waals surface area contributed by atoms with E-state index in [1.165, 1.54) is 12.1 Å². The van der Waals surface area contributed by atoms with Crippen LogP contribution >= 0.6 is 11.6 Å². The first-order chi connectivity index (χ1) is 12.9. The Morgan fingerprint density at radius 3 is 2.81 bits per heavy atom. The van der Waals surface area contributed by atoms with E-state index in [2.05, 4.69) is 5.32 Å². The fourth-order valence-corrected chi connectivity index (χ4v) is 2.87. The molecule has 0 saturated heterocycles. The van der Waals surface area contributed by atoms with Crippen LogP contribution in [0.3, 0.4) is 0 Å². The van der Waals surface area contributed by atoms with Crippen molar-refractivity contribution in [3.8, 4) is 5.75 Å². The maximum Gasteiger partial charge on any atom is 0.288 e. The predicted octanol–water partition coefficient (Wildman–Crippen LogP) is 4.88. The number of hydrogen-bond donors (Lipinski definition) is 1. The third-order valence-electron chi connectivity index (χ3n) is 4.01. The van der Waals surface area contributed by atoms with Crippen LogP contribution in [0.2, 0.25) is 5.02 Å². The van der Waals surface area contributed by atoms with Crippen LogP contribution in [-0.4, -0.2) is 17.4 Å². The van der Waals surface area contributed by atoms with E-state index in [0.717, 1.165) is 11.5 Å². The maximum atomic E-state index is 12.5. The average Bonchev–Trinajstić information content (AvgIpc) is 3.07. The molecule has 0 fully saturated rings. The first kappa shape index (κ1) is 18.7. The Hall–Kier alpha value is -3.06. The Labute approximate surface area is 160 Å². The molecule has 1 N–H and O–H groups in total. The van der Waals surface area contributed by atoms with Crippen LogP contribution in [0.4, 0.5) is 5.69 Å². The van der Waals surface area contributed by atoms with Gasteiger partial charge in [0.1, 0.15) is 10.8 Å². The Bertz CT molecular complexity index is 1010. The fraction of sp³-hybridized carbons (Fsp3) is 0.211. The number of hydrogen-bond acceptors (Lipinski definition) is 5. The van der Waals surface area contributed by atoms with Gasteiger partial charge in [0.2, 0.25) is 0 Å². The second-order valence-corrected chi connectivity index (χ2v) is 6.28. The van der Waals surface area contributed by atoms with Crippen LogP contribution in [0, 0.1) is 10.1 Å². The van der Waals surface area contributed by atoms with Gasteiger partial charge in [0.05, 0.1) is 17.6 Å². The highest BCUT2D eigenvalue weighted by atomic mass is 35.5. The van der Waals surface area contributed by atoms with Crippen molar-refractivity contribution in [2.45, 2.75) is 19.9 Å². The van der Waals surface area contributed by atoms with Gasteiger partial charge < -0.3 is 14.5 Å². The molecule has 0 radical (unpaired) electrons. The average molecular weight is 389 g/mol. The molecule has 27 heavy (non-hydrogen) atoms. The maximum absolute atomic E-state index is 12.5. The molecule has 140 valence electrons. The Kier molecular flexibility index (Phi) is 5.32. The minimum atomic E-state index is -0.628. The molecule has 0 saturated carbocycles. The molecular formula is C19H17ClN2O5. The lowest BCUT2D eigenvalue weighted by Crippen LogP contribution is -2.26. The minimum absolute atomic E-state index is 0.0228. The van der Waals surface area contributed by atoms with E-state index >= 15 is 0 Å². The molecule has 1 atom stereocenters. The summed E-state index contributed by atoms with van der Waals surface area (Å²) in [4.78, 5) is 22.8. The van der Waals surface area contributed by atoms with Crippen molar-refractivity contribution < 1.29 is 18.9 Å². The molecule has 7 nitrogen and oxygen atoms in total. The van der Waals surface area contributed by atoms with Gasteiger partial charge in [-0.1, -0.05) is 23.7 Å². The number of nitrogens with one attached hydrogen (secondary N) is 1. The van der Waals surface area contributed by atoms with Gasteiger partial charge in [0.15, 0.2) is 11.3 Å². The number of fused-ring (bicyclic) bond motifs is 1. The summed E-state index contributed by atoms with van der Waals surface area (Å²) in [7, 11) is 0. The summed E-state index contributed by atoms with van der Waals surface area (Å²) < 4.78 is 11.4. The second kappa shape index (κ2) is 7.67. The van der Waals surface area contributed by atoms with Gasteiger partial charge in [-0.25, -0.2) is 0 Å². The number of ether oxygens (including phenoxy) is 1. The highest BCUT2D eigenvalue weighted by Crippen LogP contribution is 2.31. The molecule has 0 aliphatic heterocycles. The monoisotopic (exact) mass is 388 g/mol. The second-order valence-electron chi connectivity index (χ2n) is 5.87. The van der Waals surface area contributed by atoms with E-state index in [1.807, 2.05) is 31.2 Å². The van der Waals surface area contributed by atoms with Crippen molar-refractivity contribution in [1.82, 2.24) is 5.32 Å². The van der Waals surface area contributed by atoms with E-state index in [0.29, 0.717) is 23.7 Å². The van der Waals surface area contributed by atoms with Gasteiger partial charge in [-0.15, -0.1) is 0 Å². The van der Waals surface area contributed by atoms with Crippen molar-refractivity contribution >= 4 is 34.2 Å². The number of nitrogens with zero attached hydrogens (tertiary/aromatic N) is 1. The van der Waals surface area contributed by atoms with Crippen molar-refractivity contribution in [3.63, 3.8) is 0 Å². The van der Waals surface area contributed by atoms with Crippen molar-refractivity contribution in [2.24, 2.45) is 0 Å². The third kappa shape index (κ3) is 3.88. The molecule has 3 rings (SSSR count). The molecule has 1 amide bonds. The Morgan fingerprint density at radius 2 is 2.11 bits per heavy atom. The summed E-state index contributed by atoms with van der Waals surface area (Å²) in [6, 6.07) is 10.9. The summed E-state index contributed by atoms with van der Waals surface area (Å²) >= 11 is 5.78. The number of furan rings is 1. The van der Waals surface area contributed by atoms with Crippen molar-refractivity contribution in [3.05, 3.63) is 68.9 Å². The van der Waals surface area contributed by atoms with Crippen molar-refractivity contribution in [2.75, 3.05) is 6.61 Å². The molecule has 2 aromatic carbocycles. The number of amides is 1. The topological polar surface area (TPSA) is 94.6 Å². The minimum Gasteiger partial charge on any atom is -0.490 e. The molecule has 0 spiro atoms. The van der Waals surface area contributed by atoms with Crippen LogP contribution in [0.15, 0.2) is 46.9 Å². The number of benzene rings is 2. The highest BCUT2D eigenvalue weighted by Gasteiger charge is 2.20. The number of carbonyl (C=O) groups is 1. The normalized spacial score (nSPS) is 12.0. The Morgan fingerprint density at radius 1 is 1.33 bits per heavy atom. The van der Waals surface area contributed by atoms with Gasteiger partial charge in [0.25, 0.3) is 11.6 Å². The highest BCUT2D eigenvalue weighted by molar-refractivity contribution is 6.32. The molecule has 1 aromatic heterocycles. The van der Waals surface area contributed by atoms with E-state index in [4.69, 9.17) is 20.8 Å². The summed E-state index contributed by atoms with van der Waals surface area (Å²) in [6.45, 7) is 4.16. The summed E-state index contributed by atoms with van der Waals surface area (Å²) in [5, 5.41) is 14.6. The number of nitro groups is 1. The summed E-state index contributed by atoms with van der Waals surface area (Å²) in [5.41, 5.74) is 0.434. The van der Waals surface area contributed by atoms with Crippen molar-refractivity contribution in [1.29, 1.82) is 0 Å². The largest absolute Gasteiger partial charge is 0.490 e. The molecule has 0 aliphatic rings. The van der Waals surface area contributed by atoms with Gasteiger partial charge in [0, 0.05) is 17.0 Å². The predicted molar refractivity (Wildman–Crippen MR) is 101 cm³/mol. The molecule has 0 bridgehead atoms. The van der Waals surface area contributed by atoms with Gasteiger partial charge in [-0.05, 0) is 38.1 Å². The summed E-state index contributed by atoms with van der Waals surface area (Å²) in [5.74, 6) is 0.717. The van der Waals surface area contributed by atoms with Crippen LogP contribution in [-0.2, 0) is 0 Å². The Balaban J connectivity index is 1.83. The molecular weight excluding hydrogens is 372 g/mol. The zero-order valence-electron chi connectivity index (χ0n) is 14.7. The number of para-hydroxylation sites is 1. The SMILES string of the molecule is CCOc1cccc2cc(C(C)NC(=O)c3ccc(Cl)c([N+](=O)[O-])c3)oc12. The van der Waals surface area contributed by atoms with Crippen LogP contribution in [0.1, 0.15) is 36.0 Å². The number of rotatable bonds is 6. The van der Waals surface area contributed by atoms with Gasteiger partial charge in [-0.3, -0.25) is 14.9 Å². The van der Waals surface area contributed by atoms with Crippen LogP contribution < -0.4 is 10.1 Å². The lowest BCUT2D eigenvalue weighted by molar-refractivity contribution is -0.384. The van der Waals surface area contributed by atoms with E-state index < -0.39 is 16.9 Å². The first-order valence-electron chi connectivity index (χ1n) is 8.30. The molecule has 1 unspecified atom stereocenters. The van der Waals surface area contributed by atoms with Crippen LogP contribution in [0.5, 0.6) is 5.75 Å². The standard InChI is InChI=1S/C19H17ClN2O5/c1-3-26-16-6-4-5-12-10-17(27-18(12)16)11(2)21-19(23)13-7-8-14(20)15(9-13)22(24)25/h4-11H,3H2,1-2H3,(H,21,23). The molecule has 8 heteroatoms. The van der Waals surface area contributed by atoms with Gasteiger partial charge >= 0.3 is 0 Å². The number of halogens is 1. The zero-order valence-corrected chi connectivity index (χ0v) is 15.4.